The summed E-state index contributed by atoms with van der Waals surface area (Å²) >= 11 is 1.38. The van der Waals surface area contributed by atoms with E-state index in [1.807, 2.05) is 42.6 Å². The van der Waals surface area contributed by atoms with E-state index < -0.39 is 6.10 Å². The summed E-state index contributed by atoms with van der Waals surface area (Å²) in [6.07, 6.45) is -0.611. The molecule has 1 N–H and O–H groups in total. The number of aryl methyl sites for hydroxylation is 1. The minimum absolute atomic E-state index is 0.120. The number of nitrogens with one attached hydrogen (secondary N) is 1. The molecule has 2 heterocycles. The zero-order chi connectivity index (χ0) is 21.1. The average molecular weight is 423 g/mol. The van der Waals surface area contributed by atoms with Crippen molar-refractivity contribution in [3.05, 3.63) is 70.4 Å². The summed E-state index contributed by atoms with van der Waals surface area (Å²) in [4.78, 5) is 27.3. The molecule has 4 rings (SSSR count). The van der Waals surface area contributed by atoms with Crippen LogP contribution in [-0.4, -0.2) is 31.1 Å². The predicted molar refractivity (Wildman–Crippen MR) is 118 cm³/mol. The van der Waals surface area contributed by atoms with E-state index in [2.05, 4.69) is 5.32 Å². The highest BCUT2D eigenvalue weighted by molar-refractivity contribution is 7.12. The van der Waals surface area contributed by atoms with Gasteiger partial charge in [-0.3, -0.25) is 9.59 Å². The fourth-order valence-electron chi connectivity index (χ4n) is 3.28. The van der Waals surface area contributed by atoms with Gasteiger partial charge in [-0.1, -0.05) is 18.2 Å². The average Bonchev–Trinajstić information content (AvgIpc) is 3.26. The Bertz CT molecular complexity index is 1060. The zero-order valence-electron chi connectivity index (χ0n) is 16.8. The molecule has 1 atom stereocenters. The molecule has 1 aliphatic rings. The van der Waals surface area contributed by atoms with Gasteiger partial charge in [0.05, 0.1) is 17.1 Å². The lowest BCUT2D eigenvalue weighted by atomic mass is 10.1. The van der Waals surface area contributed by atoms with Gasteiger partial charge in [0.15, 0.2) is 6.10 Å². The van der Waals surface area contributed by atoms with Gasteiger partial charge in [0.25, 0.3) is 11.8 Å². The number of fused-ring (bicyclic) bond motifs is 1. The molecule has 0 radical (unpaired) electrons. The van der Waals surface area contributed by atoms with Gasteiger partial charge in [-0.25, -0.2) is 0 Å². The Balaban J connectivity index is 1.48. The summed E-state index contributed by atoms with van der Waals surface area (Å²) in [5.41, 5.74) is 2.40. The van der Waals surface area contributed by atoms with Gasteiger partial charge in [0, 0.05) is 11.8 Å². The van der Waals surface area contributed by atoms with E-state index in [4.69, 9.17) is 9.47 Å². The molecule has 0 spiro atoms. The summed E-state index contributed by atoms with van der Waals surface area (Å²) in [5.74, 6) is 1.04. The number of hydrogen-bond donors (Lipinski definition) is 1. The van der Waals surface area contributed by atoms with E-state index in [1.165, 1.54) is 11.3 Å². The van der Waals surface area contributed by atoms with E-state index >= 15 is 0 Å². The Hall–Kier alpha value is -3.32. The van der Waals surface area contributed by atoms with Crippen LogP contribution >= 0.6 is 11.3 Å². The van der Waals surface area contributed by atoms with Crippen LogP contribution in [0.15, 0.2) is 60.0 Å². The Labute approximate surface area is 179 Å². The Morgan fingerprint density at radius 2 is 2.07 bits per heavy atom. The summed E-state index contributed by atoms with van der Waals surface area (Å²) in [7, 11) is 0. The largest absolute Gasteiger partial charge is 0.492 e. The second-order valence-corrected chi connectivity index (χ2v) is 7.98. The Kier molecular flexibility index (Phi) is 5.72. The van der Waals surface area contributed by atoms with Gasteiger partial charge < -0.3 is 19.7 Å². The first-order valence-corrected chi connectivity index (χ1v) is 10.6. The molecule has 0 fully saturated rings. The minimum Gasteiger partial charge on any atom is -0.492 e. The van der Waals surface area contributed by atoms with E-state index in [1.54, 1.807) is 36.1 Å². The van der Waals surface area contributed by atoms with E-state index in [0.29, 0.717) is 35.2 Å². The lowest BCUT2D eigenvalue weighted by Gasteiger charge is -2.33. The van der Waals surface area contributed by atoms with Crippen molar-refractivity contribution < 1.29 is 19.1 Å². The second-order valence-electron chi connectivity index (χ2n) is 7.03. The summed E-state index contributed by atoms with van der Waals surface area (Å²) in [6, 6.07) is 16.7. The highest BCUT2D eigenvalue weighted by Crippen LogP contribution is 2.36. The maximum absolute atomic E-state index is 12.7. The standard InChI is InChI=1S/C23H22N2O4S/c1-15-5-3-6-18(13-15)28-11-10-25-19-9-8-17(14-20(19)29-16(2)23(25)27)24-22(26)21-7-4-12-30-21/h3-9,12-14,16H,10-11H2,1-2H3,(H,24,26). The molecule has 0 bridgehead atoms. The van der Waals surface area contributed by atoms with Crippen LogP contribution in [0.2, 0.25) is 0 Å². The van der Waals surface area contributed by atoms with E-state index in [-0.39, 0.29) is 11.8 Å². The first kappa shape index (κ1) is 20.0. The molecule has 7 heteroatoms. The van der Waals surface area contributed by atoms with Crippen molar-refractivity contribution in [2.24, 2.45) is 0 Å². The normalized spacial score (nSPS) is 15.3. The molecule has 2 aromatic carbocycles. The molecular weight excluding hydrogens is 400 g/mol. The molecule has 1 unspecified atom stereocenters. The fourth-order valence-corrected chi connectivity index (χ4v) is 3.90. The Morgan fingerprint density at radius 3 is 2.83 bits per heavy atom. The van der Waals surface area contributed by atoms with Crippen molar-refractivity contribution in [3.8, 4) is 11.5 Å². The van der Waals surface area contributed by atoms with Crippen LogP contribution in [0, 0.1) is 6.92 Å². The molecule has 30 heavy (non-hydrogen) atoms. The van der Waals surface area contributed by atoms with Gasteiger partial charge in [-0.15, -0.1) is 11.3 Å². The van der Waals surface area contributed by atoms with Crippen LogP contribution in [0.5, 0.6) is 11.5 Å². The first-order valence-electron chi connectivity index (χ1n) is 9.67. The van der Waals surface area contributed by atoms with Crippen LogP contribution in [-0.2, 0) is 4.79 Å². The lowest BCUT2D eigenvalue weighted by Crippen LogP contribution is -2.46. The third-order valence-electron chi connectivity index (χ3n) is 4.74. The highest BCUT2D eigenvalue weighted by Gasteiger charge is 2.31. The molecule has 0 saturated heterocycles. The van der Waals surface area contributed by atoms with Gasteiger partial charge in [0.1, 0.15) is 18.1 Å². The molecule has 1 aromatic heterocycles. The van der Waals surface area contributed by atoms with Gasteiger partial charge in [0.2, 0.25) is 0 Å². The van der Waals surface area contributed by atoms with Gasteiger partial charge >= 0.3 is 0 Å². The molecule has 1 aliphatic heterocycles. The van der Waals surface area contributed by atoms with Gasteiger partial charge in [-0.05, 0) is 55.1 Å². The first-order chi connectivity index (χ1) is 14.5. The number of carbonyl (C=O) groups is 2. The zero-order valence-corrected chi connectivity index (χ0v) is 17.6. The molecule has 154 valence electrons. The smallest absolute Gasteiger partial charge is 0.267 e. The Morgan fingerprint density at radius 1 is 1.20 bits per heavy atom. The summed E-state index contributed by atoms with van der Waals surface area (Å²) in [5, 5.41) is 4.72. The van der Waals surface area contributed by atoms with Crippen LogP contribution in [0.3, 0.4) is 0 Å². The monoisotopic (exact) mass is 422 g/mol. The molecule has 0 saturated carbocycles. The van der Waals surface area contributed by atoms with E-state index in [0.717, 1.165) is 11.3 Å². The fraction of sp³-hybridized carbons (Fsp3) is 0.217. The number of rotatable bonds is 6. The molecule has 0 aliphatic carbocycles. The third-order valence-corrected chi connectivity index (χ3v) is 5.61. The SMILES string of the molecule is Cc1cccc(OCCN2C(=O)C(C)Oc3cc(NC(=O)c4cccs4)ccc32)c1. The third kappa shape index (κ3) is 4.31. The molecular formula is C23H22N2O4S. The van der Waals surface area contributed by atoms with Crippen molar-refractivity contribution in [1.82, 2.24) is 0 Å². The lowest BCUT2D eigenvalue weighted by molar-refractivity contribution is -0.125. The van der Waals surface area contributed by atoms with Crippen molar-refractivity contribution in [3.63, 3.8) is 0 Å². The van der Waals surface area contributed by atoms with Crippen LogP contribution in [0.1, 0.15) is 22.2 Å². The number of thiophene rings is 1. The topological polar surface area (TPSA) is 67.9 Å². The number of carbonyl (C=O) groups excluding carboxylic acids is 2. The van der Waals surface area contributed by atoms with Crippen LogP contribution in [0.25, 0.3) is 0 Å². The molecule has 3 aromatic rings. The molecule has 6 nitrogen and oxygen atoms in total. The minimum atomic E-state index is -0.611. The number of benzene rings is 2. The molecule has 2 amide bonds. The summed E-state index contributed by atoms with van der Waals surface area (Å²) in [6.45, 7) is 4.48. The van der Waals surface area contributed by atoms with E-state index in [9.17, 15) is 9.59 Å². The number of ether oxygens (including phenoxy) is 2. The number of hydrogen-bond acceptors (Lipinski definition) is 5. The van der Waals surface area contributed by atoms with Crippen molar-refractivity contribution in [2.75, 3.05) is 23.4 Å². The summed E-state index contributed by atoms with van der Waals surface area (Å²) < 4.78 is 11.6. The highest BCUT2D eigenvalue weighted by atomic mass is 32.1. The number of anilines is 2. The van der Waals surface area contributed by atoms with Crippen LogP contribution < -0.4 is 19.7 Å². The van der Waals surface area contributed by atoms with Crippen molar-refractivity contribution in [1.29, 1.82) is 0 Å². The predicted octanol–water partition coefficient (Wildman–Crippen LogP) is 4.50. The van der Waals surface area contributed by atoms with Gasteiger partial charge in [-0.2, -0.15) is 0 Å². The second kappa shape index (κ2) is 8.59. The maximum Gasteiger partial charge on any atom is 0.267 e. The number of nitrogens with zero attached hydrogens (tertiary/aromatic N) is 1. The van der Waals surface area contributed by atoms with Crippen molar-refractivity contribution in [2.45, 2.75) is 20.0 Å². The number of amides is 2. The maximum atomic E-state index is 12.7. The van der Waals surface area contributed by atoms with Crippen molar-refractivity contribution >= 4 is 34.5 Å². The quantitative estimate of drug-likeness (QED) is 0.635. The van der Waals surface area contributed by atoms with Crippen LogP contribution in [0.4, 0.5) is 11.4 Å².